The molecule has 0 fully saturated rings. The zero-order valence-electron chi connectivity index (χ0n) is 6.19. The van der Waals surface area contributed by atoms with Crippen molar-refractivity contribution in [3.8, 4) is 0 Å². The molecule has 0 aromatic rings. The molecular weight excluding hydrogens is 166 g/mol. The first kappa shape index (κ1) is 10.7. The van der Waals surface area contributed by atoms with Gasteiger partial charge >= 0.3 is 5.97 Å². The van der Waals surface area contributed by atoms with E-state index in [1.54, 1.807) is 0 Å². The van der Waals surface area contributed by atoms with Gasteiger partial charge in [-0.05, 0) is 12.2 Å². The quantitative estimate of drug-likeness (QED) is 0.479. The number of hydrogen-bond donors (Lipinski definition) is 3. The number of carboxylic acid groups (broad SMARTS) is 1. The van der Waals surface area contributed by atoms with E-state index in [2.05, 4.69) is 0 Å². The van der Waals surface area contributed by atoms with Crippen molar-refractivity contribution in [1.82, 2.24) is 0 Å². The minimum atomic E-state index is -0.963. The van der Waals surface area contributed by atoms with E-state index in [1.807, 2.05) is 0 Å². The molecule has 0 aromatic carbocycles. The topological polar surface area (TPSA) is 83.5 Å². The average Bonchev–Trinajstić information content (AvgIpc) is 1.97. The average molecular weight is 179 g/mol. The Balaban J connectivity index is 3.17. The Morgan fingerprint density at radius 3 is 2.64 bits per heavy atom. The molecule has 0 aliphatic rings. The summed E-state index contributed by atoms with van der Waals surface area (Å²) in [6, 6.07) is -0.763. The zero-order valence-corrected chi connectivity index (χ0v) is 7.01. The van der Waals surface area contributed by atoms with Gasteiger partial charge in [0.1, 0.15) is 6.04 Å². The van der Waals surface area contributed by atoms with E-state index in [4.69, 9.17) is 15.9 Å². The molecule has 0 radical (unpaired) electrons. The summed E-state index contributed by atoms with van der Waals surface area (Å²) in [6.07, 6.45) is 0.458. The predicted molar refractivity (Wildman–Crippen MR) is 44.6 cm³/mol. The number of aliphatic hydroxyl groups excluding tert-OH is 1. The van der Waals surface area contributed by atoms with Gasteiger partial charge in [-0.25, -0.2) is 0 Å². The van der Waals surface area contributed by atoms with Crippen LogP contribution in [0.4, 0.5) is 0 Å². The van der Waals surface area contributed by atoms with Crippen molar-refractivity contribution >= 4 is 17.7 Å². The largest absolute Gasteiger partial charge is 0.480 e. The number of hydrogen-bond acceptors (Lipinski definition) is 4. The van der Waals surface area contributed by atoms with E-state index in [1.165, 1.54) is 11.8 Å². The lowest BCUT2D eigenvalue weighted by Gasteiger charge is -2.04. The highest BCUT2D eigenvalue weighted by Crippen LogP contribution is 2.02. The van der Waals surface area contributed by atoms with Crippen LogP contribution in [0.15, 0.2) is 0 Å². The third-order valence-corrected chi connectivity index (χ3v) is 2.12. The molecule has 1 unspecified atom stereocenters. The van der Waals surface area contributed by atoms with Crippen molar-refractivity contribution in [2.24, 2.45) is 5.73 Å². The number of carbonyl (C=O) groups is 1. The molecule has 0 bridgehead atoms. The monoisotopic (exact) mass is 179 g/mol. The minimum Gasteiger partial charge on any atom is -0.480 e. The van der Waals surface area contributed by atoms with Gasteiger partial charge in [0.05, 0.1) is 6.61 Å². The molecule has 0 heterocycles. The molecular formula is C6H13NO3S. The van der Waals surface area contributed by atoms with Crippen molar-refractivity contribution in [2.75, 3.05) is 18.1 Å². The lowest BCUT2D eigenvalue weighted by Crippen LogP contribution is -2.30. The van der Waals surface area contributed by atoms with E-state index >= 15 is 0 Å². The molecule has 0 aliphatic carbocycles. The first-order chi connectivity index (χ1) is 5.18. The van der Waals surface area contributed by atoms with E-state index in [9.17, 15) is 4.79 Å². The van der Waals surface area contributed by atoms with Gasteiger partial charge in [0.2, 0.25) is 0 Å². The van der Waals surface area contributed by atoms with Crippen LogP contribution in [0.2, 0.25) is 0 Å². The van der Waals surface area contributed by atoms with Gasteiger partial charge in [-0.3, -0.25) is 4.79 Å². The highest BCUT2D eigenvalue weighted by Gasteiger charge is 2.09. The number of thioether (sulfide) groups is 1. The molecule has 1 atom stereocenters. The highest BCUT2D eigenvalue weighted by molar-refractivity contribution is 7.99. The first-order valence-electron chi connectivity index (χ1n) is 3.35. The zero-order chi connectivity index (χ0) is 8.69. The third kappa shape index (κ3) is 6.15. The second-order valence-electron chi connectivity index (χ2n) is 2.07. The van der Waals surface area contributed by atoms with E-state index in [0.29, 0.717) is 17.9 Å². The van der Waals surface area contributed by atoms with Gasteiger partial charge in [-0.1, -0.05) is 0 Å². The number of carboxylic acids is 1. The smallest absolute Gasteiger partial charge is 0.320 e. The Labute approximate surface area is 69.8 Å². The fourth-order valence-electron chi connectivity index (χ4n) is 0.500. The van der Waals surface area contributed by atoms with Crippen LogP contribution in [-0.2, 0) is 4.79 Å². The van der Waals surface area contributed by atoms with E-state index in [-0.39, 0.29) is 6.61 Å². The summed E-state index contributed by atoms with van der Waals surface area (Å²) >= 11 is 1.51. The number of aliphatic carboxylic acids is 1. The SMILES string of the molecule is NC(CCSCCO)C(=O)O. The molecule has 4 nitrogen and oxygen atoms in total. The van der Waals surface area contributed by atoms with Crippen LogP contribution in [0.3, 0.4) is 0 Å². The van der Waals surface area contributed by atoms with Gasteiger partial charge in [-0.2, -0.15) is 11.8 Å². The molecule has 0 saturated carbocycles. The van der Waals surface area contributed by atoms with E-state index < -0.39 is 12.0 Å². The molecule has 4 N–H and O–H groups in total. The Bertz CT molecular complexity index is 120. The van der Waals surface area contributed by atoms with Gasteiger partial charge in [0, 0.05) is 5.75 Å². The maximum Gasteiger partial charge on any atom is 0.320 e. The molecule has 0 aromatic heterocycles. The molecule has 66 valence electrons. The summed E-state index contributed by atoms with van der Waals surface area (Å²) in [7, 11) is 0. The van der Waals surface area contributed by atoms with Gasteiger partial charge < -0.3 is 15.9 Å². The summed E-state index contributed by atoms with van der Waals surface area (Å²) in [5, 5.41) is 16.7. The van der Waals surface area contributed by atoms with E-state index in [0.717, 1.165) is 0 Å². The highest BCUT2D eigenvalue weighted by atomic mass is 32.2. The van der Waals surface area contributed by atoms with Crippen LogP contribution in [0.25, 0.3) is 0 Å². The lowest BCUT2D eigenvalue weighted by molar-refractivity contribution is -0.138. The molecule has 0 rings (SSSR count). The molecule has 0 spiro atoms. The second kappa shape index (κ2) is 6.45. The molecule has 0 amide bonds. The summed E-state index contributed by atoms with van der Waals surface area (Å²) < 4.78 is 0. The number of rotatable bonds is 6. The van der Waals surface area contributed by atoms with Crippen LogP contribution in [0.1, 0.15) is 6.42 Å². The minimum absolute atomic E-state index is 0.132. The fourth-order valence-corrected chi connectivity index (χ4v) is 1.25. The van der Waals surface area contributed by atoms with Crippen LogP contribution >= 0.6 is 11.8 Å². The van der Waals surface area contributed by atoms with Gasteiger partial charge in [-0.15, -0.1) is 0 Å². The number of aliphatic hydroxyl groups is 1. The maximum atomic E-state index is 10.2. The molecule has 0 saturated heterocycles. The van der Waals surface area contributed by atoms with Crippen molar-refractivity contribution in [2.45, 2.75) is 12.5 Å². The molecule has 0 aliphatic heterocycles. The lowest BCUT2D eigenvalue weighted by atomic mass is 10.2. The Morgan fingerprint density at radius 2 is 2.18 bits per heavy atom. The third-order valence-electron chi connectivity index (χ3n) is 1.13. The van der Waals surface area contributed by atoms with Gasteiger partial charge in [0.15, 0.2) is 0 Å². The Morgan fingerprint density at radius 1 is 1.55 bits per heavy atom. The molecule has 11 heavy (non-hydrogen) atoms. The van der Waals surface area contributed by atoms with Crippen LogP contribution < -0.4 is 5.73 Å². The summed E-state index contributed by atoms with van der Waals surface area (Å²) in [5.41, 5.74) is 5.22. The van der Waals surface area contributed by atoms with Crippen molar-refractivity contribution in [3.63, 3.8) is 0 Å². The first-order valence-corrected chi connectivity index (χ1v) is 4.51. The Kier molecular flexibility index (Phi) is 6.30. The van der Waals surface area contributed by atoms with Crippen LogP contribution in [0.5, 0.6) is 0 Å². The standard InChI is InChI=1S/C6H13NO3S/c7-5(6(9)10)1-3-11-4-2-8/h5,8H,1-4,7H2,(H,9,10). The maximum absolute atomic E-state index is 10.2. The number of nitrogens with two attached hydrogens (primary N) is 1. The van der Waals surface area contributed by atoms with Crippen molar-refractivity contribution in [3.05, 3.63) is 0 Å². The molecule has 5 heteroatoms. The van der Waals surface area contributed by atoms with Crippen molar-refractivity contribution in [1.29, 1.82) is 0 Å². The van der Waals surface area contributed by atoms with Crippen LogP contribution in [-0.4, -0.2) is 40.3 Å². The fraction of sp³-hybridized carbons (Fsp3) is 0.833. The van der Waals surface area contributed by atoms with Crippen LogP contribution in [0, 0.1) is 0 Å². The second-order valence-corrected chi connectivity index (χ2v) is 3.29. The summed E-state index contributed by atoms with van der Waals surface area (Å²) in [6.45, 7) is 0.132. The summed E-state index contributed by atoms with van der Waals surface area (Å²) in [4.78, 5) is 10.2. The summed E-state index contributed by atoms with van der Waals surface area (Å²) in [5.74, 6) is 0.370. The van der Waals surface area contributed by atoms with Crippen molar-refractivity contribution < 1.29 is 15.0 Å². The Hall–Kier alpha value is -0.260. The van der Waals surface area contributed by atoms with Gasteiger partial charge in [0.25, 0.3) is 0 Å². The normalized spacial score (nSPS) is 12.9. The predicted octanol–water partition coefficient (Wildman–Crippen LogP) is -0.486.